The molecule has 1 rings (SSSR count). The molecule has 0 fully saturated rings. The van der Waals surface area contributed by atoms with Crippen molar-refractivity contribution in [1.29, 1.82) is 0 Å². The van der Waals surface area contributed by atoms with Crippen LogP contribution in [0.25, 0.3) is 0 Å². The van der Waals surface area contributed by atoms with Crippen molar-refractivity contribution in [3.8, 4) is 0 Å². The van der Waals surface area contributed by atoms with Gasteiger partial charge in [-0.3, -0.25) is 0 Å². The van der Waals surface area contributed by atoms with Gasteiger partial charge in [0.05, 0.1) is 0 Å². The molecule has 0 bridgehead atoms. The highest BCUT2D eigenvalue weighted by Crippen LogP contribution is 2.11. The lowest BCUT2D eigenvalue weighted by Crippen LogP contribution is -2.20. The number of rotatable bonds is 7. The maximum absolute atomic E-state index is 5.85. The number of unbranched alkanes of at least 4 members (excludes halogenated alkanes) is 1. The molecule has 0 aliphatic rings. The van der Waals surface area contributed by atoms with Crippen molar-refractivity contribution < 1.29 is 0 Å². The molecule has 0 amide bonds. The van der Waals surface area contributed by atoms with E-state index in [0.29, 0.717) is 6.04 Å². The van der Waals surface area contributed by atoms with Crippen LogP contribution in [0, 0.1) is 0 Å². The van der Waals surface area contributed by atoms with Gasteiger partial charge in [0.25, 0.3) is 0 Å². The molecule has 0 radical (unpaired) electrons. The van der Waals surface area contributed by atoms with Crippen LogP contribution < -0.4 is 5.73 Å². The first-order valence-electron chi connectivity index (χ1n) is 6.26. The molecule has 17 heavy (non-hydrogen) atoms. The second kappa shape index (κ2) is 7.70. The first-order valence-corrected chi connectivity index (χ1v) is 6.64. The monoisotopic (exact) mass is 254 g/mol. The number of nitrogens with two attached hydrogens (primary N) is 1. The lowest BCUT2D eigenvalue weighted by Gasteiger charge is -2.17. The minimum absolute atomic E-state index is 0.330. The van der Waals surface area contributed by atoms with Crippen LogP contribution in [-0.2, 0) is 6.54 Å². The maximum Gasteiger partial charge on any atom is 0.0406 e. The zero-order chi connectivity index (χ0) is 12.7. The Morgan fingerprint density at radius 3 is 2.47 bits per heavy atom. The molecule has 0 heterocycles. The van der Waals surface area contributed by atoms with Crippen LogP contribution in [0.4, 0.5) is 0 Å². The maximum atomic E-state index is 5.85. The Hall–Kier alpha value is -0.570. The van der Waals surface area contributed by atoms with Crippen LogP contribution in [0.3, 0.4) is 0 Å². The first kappa shape index (κ1) is 14.5. The highest BCUT2D eigenvalue weighted by atomic mass is 35.5. The third kappa shape index (κ3) is 6.67. The molecule has 2 N–H and O–H groups in total. The summed E-state index contributed by atoms with van der Waals surface area (Å²) in [5.41, 5.74) is 7.03. The summed E-state index contributed by atoms with van der Waals surface area (Å²) in [5.74, 6) is 0. The summed E-state index contributed by atoms with van der Waals surface area (Å²) in [6.45, 7) is 4.17. The molecule has 1 atom stereocenters. The van der Waals surface area contributed by atoms with Crippen LogP contribution in [0.15, 0.2) is 24.3 Å². The average Bonchev–Trinajstić information content (AvgIpc) is 2.27. The molecular weight excluding hydrogens is 232 g/mol. The van der Waals surface area contributed by atoms with E-state index in [1.54, 1.807) is 0 Å². The zero-order valence-corrected chi connectivity index (χ0v) is 11.6. The van der Waals surface area contributed by atoms with Crippen LogP contribution in [0.1, 0.15) is 31.7 Å². The van der Waals surface area contributed by atoms with Gasteiger partial charge in [-0.1, -0.05) is 30.2 Å². The first-order chi connectivity index (χ1) is 8.08. The van der Waals surface area contributed by atoms with Gasteiger partial charge in [0, 0.05) is 17.6 Å². The van der Waals surface area contributed by atoms with Crippen molar-refractivity contribution in [3.05, 3.63) is 34.9 Å². The van der Waals surface area contributed by atoms with Gasteiger partial charge >= 0.3 is 0 Å². The van der Waals surface area contributed by atoms with E-state index < -0.39 is 0 Å². The fourth-order valence-corrected chi connectivity index (χ4v) is 1.95. The van der Waals surface area contributed by atoms with Crippen molar-refractivity contribution in [1.82, 2.24) is 4.90 Å². The van der Waals surface area contributed by atoms with E-state index in [0.717, 1.165) is 24.5 Å². The zero-order valence-electron chi connectivity index (χ0n) is 10.8. The second-order valence-corrected chi connectivity index (χ2v) is 5.27. The van der Waals surface area contributed by atoms with Gasteiger partial charge in [0.15, 0.2) is 0 Å². The SMILES string of the molecule is CC(N)CCCCN(C)Cc1ccc(Cl)cc1. The number of hydrogen-bond donors (Lipinski definition) is 1. The Morgan fingerprint density at radius 2 is 1.88 bits per heavy atom. The molecule has 0 aliphatic heterocycles. The Kier molecular flexibility index (Phi) is 6.56. The minimum atomic E-state index is 0.330. The van der Waals surface area contributed by atoms with E-state index in [1.807, 2.05) is 12.1 Å². The normalized spacial score (nSPS) is 13.0. The van der Waals surface area contributed by atoms with Gasteiger partial charge < -0.3 is 10.6 Å². The van der Waals surface area contributed by atoms with Crippen molar-refractivity contribution in [2.75, 3.05) is 13.6 Å². The van der Waals surface area contributed by atoms with Gasteiger partial charge in [-0.2, -0.15) is 0 Å². The Morgan fingerprint density at radius 1 is 1.24 bits per heavy atom. The molecule has 0 aliphatic carbocycles. The lowest BCUT2D eigenvalue weighted by molar-refractivity contribution is 0.316. The molecule has 0 saturated heterocycles. The van der Waals surface area contributed by atoms with Crippen molar-refractivity contribution in [2.24, 2.45) is 5.73 Å². The van der Waals surface area contributed by atoms with E-state index in [4.69, 9.17) is 17.3 Å². The van der Waals surface area contributed by atoms with E-state index in [2.05, 4.69) is 31.0 Å². The molecule has 1 aromatic carbocycles. The molecule has 0 saturated carbocycles. The van der Waals surface area contributed by atoms with Crippen LogP contribution >= 0.6 is 11.6 Å². The third-order valence-corrected chi connectivity index (χ3v) is 3.07. The summed E-state index contributed by atoms with van der Waals surface area (Å²) < 4.78 is 0. The van der Waals surface area contributed by atoms with Crippen molar-refractivity contribution >= 4 is 11.6 Å². The number of benzene rings is 1. The van der Waals surface area contributed by atoms with Crippen LogP contribution in [-0.4, -0.2) is 24.5 Å². The van der Waals surface area contributed by atoms with E-state index in [1.165, 1.54) is 18.4 Å². The smallest absolute Gasteiger partial charge is 0.0406 e. The number of nitrogens with zero attached hydrogens (tertiary/aromatic N) is 1. The summed E-state index contributed by atoms with van der Waals surface area (Å²) in [4.78, 5) is 2.34. The fourth-order valence-electron chi connectivity index (χ4n) is 1.83. The summed E-state index contributed by atoms with van der Waals surface area (Å²) in [6.07, 6.45) is 3.54. The molecule has 1 aromatic rings. The lowest BCUT2D eigenvalue weighted by atomic mass is 10.1. The average molecular weight is 255 g/mol. The summed E-state index contributed by atoms with van der Waals surface area (Å²) in [7, 11) is 2.15. The molecule has 0 spiro atoms. The summed E-state index contributed by atoms with van der Waals surface area (Å²) in [5, 5.41) is 0.799. The highest BCUT2D eigenvalue weighted by molar-refractivity contribution is 6.30. The molecular formula is C14H23ClN2. The summed E-state index contributed by atoms with van der Waals surface area (Å²) in [6, 6.07) is 8.39. The minimum Gasteiger partial charge on any atom is -0.328 e. The molecule has 96 valence electrons. The van der Waals surface area contributed by atoms with Crippen LogP contribution in [0.2, 0.25) is 5.02 Å². The Bertz CT molecular complexity index is 309. The van der Waals surface area contributed by atoms with Gasteiger partial charge in [-0.25, -0.2) is 0 Å². The van der Waals surface area contributed by atoms with E-state index in [-0.39, 0.29) is 0 Å². The highest BCUT2D eigenvalue weighted by Gasteiger charge is 2.01. The summed E-state index contributed by atoms with van der Waals surface area (Å²) >= 11 is 5.85. The Labute approximate surface area is 110 Å². The van der Waals surface area contributed by atoms with Gasteiger partial charge in [-0.05, 0) is 51.1 Å². The quantitative estimate of drug-likeness (QED) is 0.757. The van der Waals surface area contributed by atoms with Crippen LogP contribution in [0.5, 0.6) is 0 Å². The molecule has 2 nitrogen and oxygen atoms in total. The fraction of sp³-hybridized carbons (Fsp3) is 0.571. The molecule has 0 aromatic heterocycles. The predicted octanol–water partition coefficient (Wildman–Crippen LogP) is 3.29. The van der Waals surface area contributed by atoms with Gasteiger partial charge in [0.2, 0.25) is 0 Å². The third-order valence-electron chi connectivity index (χ3n) is 2.82. The second-order valence-electron chi connectivity index (χ2n) is 4.84. The predicted molar refractivity (Wildman–Crippen MR) is 75.3 cm³/mol. The largest absolute Gasteiger partial charge is 0.328 e. The van der Waals surface area contributed by atoms with Crippen molar-refractivity contribution in [2.45, 2.75) is 38.8 Å². The standard InChI is InChI=1S/C14H23ClN2/c1-12(16)5-3-4-10-17(2)11-13-6-8-14(15)9-7-13/h6-9,12H,3-5,10-11,16H2,1-2H3. The van der Waals surface area contributed by atoms with Gasteiger partial charge in [-0.15, -0.1) is 0 Å². The molecule has 1 unspecified atom stereocenters. The molecule has 3 heteroatoms. The van der Waals surface area contributed by atoms with Gasteiger partial charge in [0.1, 0.15) is 0 Å². The van der Waals surface area contributed by atoms with E-state index in [9.17, 15) is 0 Å². The van der Waals surface area contributed by atoms with E-state index >= 15 is 0 Å². The number of hydrogen-bond acceptors (Lipinski definition) is 2. The Balaban J connectivity index is 2.20. The number of halogens is 1. The van der Waals surface area contributed by atoms with Crippen molar-refractivity contribution in [3.63, 3.8) is 0 Å². The topological polar surface area (TPSA) is 29.3 Å².